The molecule has 144 valence electrons. The Hall–Kier alpha value is -2.62. The summed E-state index contributed by atoms with van der Waals surface area (Å²) < 4.78 is 0. The van der Waals surface area contributed by atoms with E-state index in [0.717, 1.165) is 19.3 Å². The first-order valence-corrected chi connectivity index (χ1v) is 9.71. The van der Waals surface area contributed by atoms with Crippen LogP contribution in [0.1, 0.15) is 49.5 Å². The molecular weight excluding hydrogens is 336 g/mol. The van der Waals surface area contributed by atoms with E-state index in [1.165, 1.54) is 5.56 Å². The van der Waals surface area contributed by atoms with Crippen LogP contribution in [0.25, 0.3) is 0 Å². The number of carbonyl (C=O) groups excluding carboxylic acids is 2. The van der Waals surface area contributed by atoms with Crippen molar-refractivity contribution in [2.45, 2.75) is 52.1 Å². The van der Waals surface area contributed by atoms with Crippen molar-refractivity contribution in [3.8, 4) is 0 Å². The van der Waals surface area contributed by atoms with Gasteiger partial charge in [0.1, 0.15) is 6.04 Å². The van der Waals surface area contributed by atoms with Gasteiger partial charge in [-0.3, -0.25) is 9.59 Å². The lowest BCUT2D eigenvalue weighted by Crippen LogP contribution is -2.52. The Morgan fingerprint density at radius 2 is 1.48 bits per heavy atom. The number of nitrogens with one attached hydrogen (secondary N) is 2. The van der Waals surface area contributed by atoms with Crippen molar-refractivity contribution in [1.29, 1.82) is 0 Å². The number of amides is 2. The molecule has 2 aromatic carbocycles. The summed E-state index contributed by atoms with van der Waals surface area (Å²) in [5.41, 5.74) is 1.82. The van der Waals surface area contributed by atoms with E-state index in [2.05, 4.69) is 22.8 Å². The monoisotopic (exact) mass is 366 g/mol. The summed E-state index contributed by atoms with van der Waals surface area (Å²) in [6.45, 7) is 6.02. The maximum atomic E-state index is 12.8. The zero-order valence-corrected chi connectivity index (χ0v) is 16.4. The van der Waals surface area contributed by atoms with Gasteiger partial charge in [0, 0.05) is 11.6 Å². The van der Waals surface area contributed by atoms with E-state index in [9.17, 15) is 9.59 Å². The summed E-state index contributed by atoms with van der Waals surface area (Å²) in [4.78, 5) is 25.3. The molecule has 2 aromatic rings. The third-order valence-corrected chi connectivity index (χ3v) is 4.92. The summed E-state index contributed by atoms with van der Waals surface area (Å²) >= 11 is 0. The summed E-state index contributed by atoms with van der Waals surface area (Å²) in [5.74, 6) is -0.277. The molecule has 27 heavy (non-hydrogen) atoms. The van der Waals surface area contributed by atoms with Gasteiger partial charge in [0.15, 0.2) is 0 Å². The molecule has 0 aliphatic carbocycles. The van der Waals surface area contributed by atoms with Crippen molar-refractivity contribution in [1.82, 2.24) is 10.6 Å². The van der Waals surface area contributed by atoms with Gasteiger partial charge in [-0.25, -0.2) is 0 Å². The summed E-state index contributed by atoms with van der Waals surface area (Å²) in [5, 5.41) is 5.98. The molecule has 2 N–H and O–H groups in total. The third-order valence-electron chi connectivity index (χ3n) is 4.92. The largest absolute Gasteiger partial charge is 0.352 e. The van der Waals surface area contributed by atoms with Gasteiger partial charge in [0.05, 0.1) is 0 Å². The van der Waals surface area contributed by atoms with E-state index in [0.29, 0.717) is 5.56 Å². The topological polar surface area (TPSA) is 58.2 Å². The van der Waals surface area contributed by atoms with Gasteiger partial charge in [-0.1, -0.05) is 68.8 Å². The molecule has 0 saturated carbocycles. The fourth-order valence-corrected chi connectivity index (χ4v) is 2.95. The Labute approximate surface area is 162 Å². The average Bonchev–Trinajstić information content (AvgIpc) is 2.71. The predicted octanol–water partition coefficient (Wildman–Crippen LogP) is 3.97. The highest BCUT2D eigenvalue weighted by atomic mass is 16.2. The van der Waals surface area contributed by atoms with Crippen LogP contribution in [0.3, 0.4) is 0 Å². The molecular formula is C23H30N2O2. The van der Waals surface area contributed by atoms with Gasteiger partial charge in [-0.05, 0) is 43.4 Å². The smallest absolute Gasteiger partial charge is 0.251 e. The van der Waals surface area contributed by atoms with Crippen LogP contribution in [0, 0.1) is 5.92 Å². The third kappa shape index (κ3) is 6.55. The number of rotatable bonds is 9. The van der Waals surface area contributed by atoms with Crippen molar-refractivity contribution in [3.63, 3.8) is 0 Å². The molecule has 0 spiro atoms. The van der Waals surface area contributed by atoms with E-state index in [1.54, 1.807) is 12.1 Å². The van der Waals surface area contributed by atoms with Crippen LogP contribution in [0.4, 0.5) is 0 Å². The van der Waals surface area contributed by atoms with Crippen LogP contribution in [0.5, 0.6) is 0 Å². The van der Waals surface area contributed by atoms with Crippen molar-refractivity contribution in [2.75, 3.05) is 0 Å². The van der Waals surface area contributed by atoms with Gasteiger partial charge in [0.2, 0.25) is 5.91 Å². The zero-order valence-electron chi connectivity index (χ0n) is 16.4. The number of carbonyl (C=O) groups is 2. The van der Waals surface area contributed by atoms with Gasteiger partial charge in [-0.2, -0.15) is 0 Å². The Bertz CT molecular complexity index is 716. The molecule has 0 aromatic heterocycles. The Morgan fingerprint density at radius 1 is 0.889 bits per heavy atom. The molecule has 0 aliphatic rings. The molecule has 3 atom stereocenters. The van der Waals surface area contributed by atoms with E-state index in [4.69, 9.17) is 0 Å². The van der Waals surface area contributed by atoms with E-state index < -0.39 is 6.04 Å². The molecule has 0 bridgehead atoms. The normalized spacial score (nSPS) is 14.0. The van der Waals surface area contributed by atoms with Crippen molar-refractivity contribution in [3.05, 3.63) is 71.8 Å². The van der Waals surface area contributed by atoms with Gasteiger partial charge in [-0.15, -0.1) is 0 Å². The first-order chi connectivity index (χ1) is 13.0. The highest BCUT2D eigenvalue weighted by molar-refractivity contribution is 5.97. The molecule has 4 nitrogen and oxygen atoms in total. The number of benzene rings is 2. The van der Waals surface area contributed by atoms with Gasteiger partial charge < -0.3 is 10.6 Å². The highest BCUT2D eigenvalue weighted by Gasteiger charge is 2.27. The second kappa shape index (κ2) is 10.5. The van der Waals surface area contributed by atoms with Crippen LogP contribution >= 0.6 is 0 Å². The molecule has 0 aliphatic heterocycles. The van der Waals surface area contributed by atoms with Crippen molar-refractivity contribution in [2.24, 2.45) is 5.92 Å². The second-order valence-electron chi connectivity index (χ2n) is 7.14. The molecule has 2 amide bonds. The molecule has 0 radical (unpaired) electrons. The maximum Gasteiger partial charge on any atom is 0.251 e. The standard InChI is InChI=1S/C23H30N2O2/c1-4-17(2)21(25-22(26)20-13-9-6-10-14-20)23(27)24-18(3)15-16-19-11-7-5-8-12-19/h5-14,17-18,21H,4,15-16H2,1-3H3,(H,24,27)(H,25,26). The minimum Gasteiger partial charge on any atom is -0.352 e. The number of hydrogen-bond acceptors (Lipinski definition) is 2. The van der Waals surface area contributed by atoms with Gasteiger partial charge in [0.25, 0.3) is 5.91 Å². The van der Waals surface area contributed by atoms with Crippen LogP contribution in [0.2, 0.25) is 0 Å². The summed E-state index contributed by atoms with van der Waals surface area (Å²) in [6.07, 6.45) is 2.58. The van der Waals surface area contributed by atoms with E-state index in [-0.39, 0.29) is 23.8 Å². The lowest BCUT2D eigenvalue weighted by atomic mass is 9.97. The first kappa shape index (κ1) is 20.7. The van der Waals surface area contributed by atoms with Crippen LogP contribution in [0.15, 0.2) is 60.7 Å². The fourth-order valence-electron chi connectivity index (χ4n) is 2.95. The number of aryl methyl sites for hydroxylation is 1. The molecule has 0 saturated heterocycles. The van der Waals surface area contributed by atoms with Gasteiger partial charge >= 0.3 is 0 Å². The summed E-state index contributed by atoms with van der Waals surface area (Å²) in [6, 6.07) is 18.7. The van der Waals surface area contributed by atoms with E-state index >= 15 is 0 Å². The minimum atomic E-state index is -0.540. The Morgan fingerprint density at radius 3 is 2.07 bits per heavy atom. The Balaban J connectivity index is 1.94. The highest BCUT2D eigenvalue weighted by Crippen LogP contribution is 2.11. The quantitative estimate of drug-likeness (QED) is 0.705. The van der Waals surface area contributed by atoms with Crippen LogP contribution in [-0.4, -0.2) is 23.9 Å². The molecule has 3 unspecified atom stereocenters. The first-order valence-electron chi connectivity index (χ1n) is 9.71. The van der Waals surface area contributed by atoms with Crippen molar-refractivity contribution >= 4 is 11.8 Å². The SMILES string of the molecule is CCC(C)C(NC(=O)c1ccccc1)C(=O)NC(C)CCc1ccccc1. The van der Waals surface area contributed by atoms with Crippen LogP contribution in [-0.2, 0) is 11.2 Å². The Kier molecular flexibility index (Phi) is 8.05. The lowest BCUT2D eigenvalue weighted by molar-refractivity contribution is -0.124. The molecule has 4 heteroatoms. The second-order valence-corrected chi connectivity index (χ2v) is 7.14. The predicted molar refractivity (Wildman–Crippen MR) is 110 cm³/mol. The zero-order chi connectivity index (χ0) is 19.6. The summed E-state index contributed by atoms with van der Waals surface area (Å²) in [7, 11) is 0. The molecule has 2 rings (SSSR count). The van der Waals surface area contributed by atoms with Crippen LogP contribution < -0.4 is 10.6 Å². The number of hydrogen-bond donors (Lipinski definition) is 2. The average molecular weight is 367 g/mol. The maximum absolute atomic E-state index is 12.8. The lowest BCUT2D eigenvalue weighted by Gasteiger charge is -2.25. The van der Waals surface area contributed by atoms with E-state index in [1.807, 2.05) is 57.2 Å². The fraction of sp³-hybridized carbons (Fsp3) is 0.391. The minimum absolute atomic E-state index is 0.0397. The molecule has 0 heterocycles. The van der Waals surface area contributed by atoms with Crippen molar-refractivity contribution < 1.29 is 9.59 Å². The molecule has 0 fully saturated rings.